The van der Waals surface area contributed by atoms with Crippen LogP contribution in [-0.2, 0) is 17.3 Å². The van der Waals surface area contributed by atoms with Gasteiger partial charge >= 0.3 is 0 Å². The van der Waals surface area contributed by atoms with Gasteiger partial charge in [0.1, 0.15) is 5.75 Å². The Kier molecular flexibility index (Phi) is 11.3. The van der Waals surface area contributed by atoms with Gasteiger partial charge in [-0.1, -0.05) is 13.3 Å². The number of hydrogen-bond donors (Lipinski definition) is 2. The molecule has 2 rings (SSSR count). The van der Waals surface area contributed by atoms with E-state index in [-0.39, 0.29) is 24.0 Å². The molecule has 1 aliphatic rings. The zero-order chi connectivity index (χ0) is 19.8. The summed E-state index contributed by atoms with van der Waals surface area (Å²) in [5.74, 6) is 2.42. The molecule has 1 aromatic heterocycles. The van der Waals surface area contributed by atoms with Crippen LogP contribution in [0, 0.1) is 13.8 Å². The summed E-state index contributed by atoms with van der Waals surface area (Å²) in [6.45, 7) is 9.38. The second-order valence-electron chi connectivity index (χ2n) is 7.04. The van der Waals surface area contributed by atoms with Gasteiger partial charge < -0.3 is 15.4 Å². The maximum Gasteiger partial charge on any atom is 0.191 e. The van der Waals surface area contributed by atoms with Crippen molar-refractivity contribution in [3.05, 3.63) is 23.0 Å². The van der Waals surface area contributed by atoms with Crippen LogP contribution in [0.4, 0.5) is 0 Å². The third-order valence-corrected chi connectivity index (χ3v) is 6.84. The van der Waals surface area contributed by atoms with Gasteiger partial charge in [-0.05, 0) is 40.0 Å². The number of guanidine groups is 1. The lowest BCUT2D eigenvalue weighted by atomic mass is 9.95. The maximum absolute atomic E-state index is 12.2. The Morgan fingerprint density at radius 3 is 2.75 bits per heavy atom. The van der Waals surface area contributed by atoms with Crippen LogP contribution >= 0.6 is 24.0 Å². The highest BCUT2D eigenvalue weighted by molar-refractivity contribution is 14.0. The van der Waals surface area contributed by atoms with Crippen molar-refractivity contribution in [1.82, 2.24) is 15.6 Å². The van der Waals surface area contributed by atoms with Crippen molar-refractivity contribution in [1.29, 1.82) is 0 Å². The number of nitrogens with one attached hydrogen (secondary N) is 2. The van der Waals surface area contributed by atoms with E-state index in [1.54, 1.807) is 7.11 Å². The molecule has 1 saturated carbocycles. The minimum absolute atomic E-state index is 0. The van der Waals surface area contributed by atoms with Crippen molar-refractivity contribution in [2.45, 2.75) is 71.2 Å². The van der Waals surface area contributed by atoms with Gasteiger partial charge in [-0.3, -0.25) is 9.19 Å². The summed E-state index contributed by atoms with van der Waals surface area (Å²) in [6, 6.07) is 0.318. The molecule has 1 aliphatic carbocycles. The van der Waals surface area contributed by atoms with Gasteiger partial charge in [0.25, 0.3) is 0 Å². The van der Waals surface area contributed by atoms with Crippen LogP contribution < -0.4 is 15.4 Å². The van der Waals surface area contributed by atoms with E-state index >= 15 is 0 Å². The molecule has 6 nitrogen and oxygen atoms in total. The van der Waals surface area contributed by atoms with Crippen molar-refractivity contribution < 1.29 is 8.95 Å². The fraction of sp³-hybridized carbons (Fsp3) is 0.700. The summed E-state index contributed by atoms with van der Waals surface area (Å²) in [6.07, 6.45) is 6.06. The highest BCUT2D eigenvalue weighted by Crippen LogP contribution is 2.25. The summed E-state index contributed by atoms with van der Waals surface area (Å²) in [5.41, 5.74) is 2.99. The Hall–Kier alpha value is -0.900. The van der Waals surface area contributed by atoms with E-state index in [1.807, 2.05) is 27.0 Å². The number of nitrogens with zero attached hydrogens (tertiary/aromatic N) is 2. The molecule has 1 aromatic rings. The maximum atomic E-state index is 12.2. The van der Waals surface area contributed by atoms with Gasteiger partial charge in [-0.15, -0.1) is 24.0 Å². The predicted octanol–water partition coefficient (Wildman–Crippen LogP) is 3.46. The highest BCUT2D eigenvalue weighted by Gasteiger charge is 2.26. The molecule has 0 saturated heterocycles. The average molecular weight is 522 g/mol. The van der Waals surface area contributed by atoms with E-state index in [0.29, 0.717) is 17.8 Å². The van der Waals surface area contributed by atoms with Crippen LogP contribution in [0.5, 0.6) is 5.75 Å². The molecule has 0 spiro atoms. The number of ether oxygens (including phenoxy) is 1. The fourth-order valence-electron chi connectivity index (χ4n) is 3.65. The van der Waals surface area contributed by atoms with Crippen LogP contribution in [0.3, 0.4) is 0 Å². The number of aryl methyl sites for hydroxylation is 1. The first kappa shape index (κ1) is 25.1. The minimum Gasteiger partial charge on any atom is -0.496 e. The Morgan fingerprint density at radius 1 is 1.36 bits per heavy atom. The molecule has 3 atom stereocenters. The molecule has 0 aliphatic heterocycles. The van der Waals surface area contributed by atoms with Gasteiger partial charge in [0.05, 0.1) is 19.3 Å². The molecular formula is C20H35IN4O2S. The quantitative estimate of drug-likeness (QED) is 0.326. The fourth-order valence-corrected chi connectivity index (χ4v) is 5.00. The standard InChI is InChI=1S/C20H34N4O2S.HI/c1-6-21-20(24-16-9-8-10-17(11-16)27(25)7-2)23-13-18-15(4)19(26-5)14(3)12-22-18;/h12,16-17H,6-11,13H2,1-5H3,(H2,21,23,24);1H. The van der Waals surface area contributed by atoms with Crippen molar-refractivity contribution in [2.24, 2.45) is 4.99 Å². The summed E-state index contributed by atoms with van der Waals surface area (Å²) in [5, 5.41) is 7.16. The van der Waals surface area contributed by atoms with Crippen molar-refractivity contribution in [3.8, 4) is 5.75 Å². The van der Waals surface area contributed by atoms with Crippen molar-refractivity contribution >= 4 is 40.7 Å². The molecule has 3 unspecified atom stereocenters. The lowest BCUT2D eigenvalue weighted by molar-refractivity contribution is 0.406. The van der Waals surface area contributed by atoms with Gasteiger partial charge in [0.15, 0.2) is 5.96 Å². The van der Waals surface area contributed by atoms with Gasteiger partial charge in [0.2, 0.25) is 0 Å². The number of aromatic nitrogens is 1. The van der Waals surface area contributed by atoms with Crippen molar-refractivity contribution in [3.63, 3.8) is 0 Å². The molecule has 160 valence electrons. The van der Waals surface area contributed by atoms with Gasteiger partial charge in [-0.2, -0.15) is 0 Å². The minimum atomic E-state index is -0.719. The van der Waals surface area contributed by atoms with Gasteiger partial charge in [-0.25, -0.2) is 4.99 Å². The Bertz CT molecular complexity index is 684. The number of halogens is 1. The molecular weight excluding hydrogens is 487 g/mol. The molecule has 0 radical (unpaired) electrons. The number of methoxy groups -OCH3 is 1. The largest absolute Gasteiger partial charge is 0.496 e. The number of pyridine rings is 1. The summed E-state index contributed by atoms with van der Waals surface area (Å²) >= 11 is 0. The summed E-state index contributed by atoms with van der Waals surface area (Å²) in [4.78, 5) is 9.26. The monoisotopic (exact) mass is 522 g/mol. The first-order chi connectivity index (χ1) is 13.0. The van der Waals surface area contributed by atoms with E-state index in [2.05, 4.69) is 22.5 Å². The SMILES string of the molecule is CCNC(=NCc1ncc(C)c(OC)c1C)NC1CCCC(S(=O)CC)C1.I. The second-order valence-corrected chi connectivity index (χ2v) is 9.05. The summed E-state index contributed by atoms with van der Waals surface area (Å²) < 4.78 is 17.7. The smallest absolute Gasteiger partial charge is 0.191 e. The van der Waals surface area contributed by atoms with Crippen LogP contribution in [0.1, 0.15) is 56.4 Å². The van der Waals surface area contributed by atoms with E-state index in [4.69, 9.17) is 9.73 Å². The van der Waals surface area contributed by atoms with Crippen LogP contribution in [0.15, 0.2) is 11.2 Å². The Balaban J connectivity index is 0.00000392. The number of hydrogen-bond acceptors (Lipinski definition) is 4. The number of rotatable bonds is 7. The van der Waals surface area contributed by atoms with E-state index in [9.17, 15) is 4.21 Å². The van der Waals surface area contributed by atoms with E-state index in [0.717, 1.165) is 66.5 Å². The zero-order valence-corrected chi connectivity index (χ0v) is 20.9. The lowest BCUT2D eigenvalue weighted by Gasteiger charge is -2.30. The first-order valence-electron chi connectivity index (χ1n) is 9.91. The Labute approximate surface area is 189 Å². The van der Waals surface area contributed by atoms with Crippen LogP contribution in [0.25, 0.3) is 0 Å². The molecule has 0 bridgehead atoms. The molecule has 28 heavy (non-hydrogen) atoms. The van der Waals surface area contributed by atoms with E-state index in [1.165, 1.54) is 0 Å². The molecule has 0 amide bonds. The molecule has 1 heterocycles. The van der Waals surface area contributed by atoms with Crippen LogP contribution in [0.2, 0.25) is 0 Å². The van der Waals surface area contributed by atoms with Gasteiger partial charge in [0, 0.05) is 51.7 Å². The topological polar surface area (TPSA) is 75.6 Å². The Morgan fingerprint density at radius 2 is 2.11 bits per heavy atom. The normalized spacial score (nSPS) is 20.8. The summed E-state index contributed by atoms with van der Waals surface area (Å²) in [7, 11) is 0.969. The van der Waals surface area contributed by atoms with Crippen LogP contribution in [-0.4, -0.2) is 45.9 Å². The highest BCUT2D eigenvalue weighted by atomic mass is 127. The molecule has 1 fully saturated rings. The van der Waals surface area contributed by atoms with E-state index < -0.39 is 10.8 Å². The predicted molar refractivity (Wildman–Crippen MR) is 128 cm³/mol. The zero-order valence-electron chi connectivity index (χ0n) is 17.7. The first-order valence-corrected chi connectivity index (χ1v) is 11.3. The van der Waals surface area contributed by atoms with Crippen molar-refractivity contribution in [2.75, 3.05) is 19.4 Å². The molecule has 2 N–H and O–H groups in total. The average Bonchev–Trinajstić information content (AvgIpc) is 2.67. The third kappa shape index (κ3) is 6.86. The number of aliphatic imine (C=N–C) groups is 1. The molecule has 0 aromatic carbocycles. The molecule has 8 heteroatoms. The lowest BCUT2D eigenvalue weighted by Crippen LogP contribution is -2.46. The third-order valence-electron chi connectivity index (χ3n) is 5.10. The second kappa shape index (κ2) is 12.6.